The number of amides is 1. The maximum atomic E-state index is 12.3. The van der Waals surface area contributed by atoms with Crippen LogP contribution in [0, 0.1) is 0 Å². The Balaban J connectivity index is 1.99. The van der Waals surface area contributed by atoms with Crippen molar-refractivity contribution >= 4 is 5.91 Å². The van der Waals surface area contributed by atoms with E-state index < -0.39 is 0 Å². The van der Waals surface area contributed by atoms with Crippen LogP contribution in [0.4, 0.5) is 0 Å². The lowest BCUT2D eigenvalue weighted by Crippen LogP contribution is -2.34. The number of likely N-dealkylation sites (N-methyl/N-ethyl adjacent to an activating group) is 1. The second-order valence-corrected chi connectivity index (χ2v) is 5.98. The number of hydrogen-bond donors (Lipinski definition) is 1. The molecule has 0 aliphatic heterocycles. The predicted octanol–water partition coefficient (Wildman–Crippen LogP) is 3.44. The van der Waals surface area contributed by atoms with E-state index in [9.17, 15) is 4.79 Å². The molecule has 0 fully saturated rings. The van der Waals surface area contributed by atoms with Gasteiger partial charge >= 0.3 is 0 Å². The van der Waals surface area contributed by atoms with Crippen LogP contribution >= 0.6 is 0 Å². The molecule has 22 heavy (non-hydrogen) atoms. The molecule has 118 valence electrons. The molecular weight excluding hydrogens is 276 g/mol. The summed E-state index contributed by atoms with van der Waals surface area (Å²) in [5, 5.41) is 2.98. The molecule has 0 radical (unpaired) electrons. The van der Waals surface area contributed by atoms with E-state index in [0.29, 0.717) is 18.0 Å². The summed E-state index contributed by atoms with van der Waals surface area (Å²) >= 11 is 0. The number of hydrogen-bond acceptors (Lipinski definition) is 3. The van der Waals surface area contributed by atoms with E-state index in [0.717, 1.165) is 5.76 Å². The molecule has 0 saturated carbocycles. The smallest absolute Gasteiger partial charge is 0.251 e. The molecule has 1 unspecified atom stereocenters. The molecule has 1 amide bonds. The van der Waals surface area contributed by atoms with Crippen molar-refractivity contribution in [3.8, 4) is 0 Å². The first-order valence-electron chi connectivity index (χ1n) is 7.57. The molecule has 1 aromatic heterocycles. The van der Waals surface area contributed by atoms with Gasteiger partial charge < -0.3 is 9.73 Å². The fourth-order valence-corrected chi connectivity index (χ4v) is 2.33. The molecule has 1 aromatic carbocycles. The van der Waals surface area contributed by atoms with Crippen LogP contribution in [0.5, 0.6) is 0 Å². The fraction of sp³-hybridized carbons (Fsp3) is 0.389. The number of nitrogens with one attached hydrogen (secondary N) is 1. The van der Waals surface area contributed by atoms with Gasteiger partial charge in [0.1, 0.15) is 5.76 Å². The fourth-order valence-electron chi connectivity index (χ4n) is 2.33. The largest absolute Gasteiger partial charge is 0.468 e. The number of rotatable bonds is 6. The van der Waals surface area contributed by atoms with E-state index in [-0.39, 0.29) is 11.9 Å². The van der Waals surface area contributed by atoms with Crippen LogP contribution in [0.2, 0.25) is 0 Å². The van der Waals surface area contributed by atoms with Gasteiger partial charge in [0.2, 0.25) is 0 Å². The van der Waals surface area contributed by atoms with Gasteiger partial charge in [0.15, 0.2) is 0 Å². The van der Waals surface area contributed by atoms with Crippen molar-refractivity contribution in [1.82, 2.24) is 10.2 Å². The summed E-state index contributed by atoms with van der Waals surface area (Å²) in [5.41, 5.74) is 1.92. The van der Waals surface area contributed by atoms with Gasteiger partial charge in [-0.1, -0.05) is 26.0 Å². The van der Waals surface area contributed by atoms with Crippen molar-refractivity contribution in [1.29, 1.82) is 0 Å². The van der Waals surface area contributed by atoms with Crippen LogP contribution in [0.3, 0.4) is 0 Å². The minimum Gasteiger partial charge on any atom is -0.468 e. The molecule has 2 rings (SSSR count). The van der Waals surface area contributed by atoms with Crippen LogP contribution in [-0.4, -0.2) is 31.4 Å². The highest BCUT2D eigenvalue weighted by Gasteiger charge is 2.18. The monoisotopic (exact) mass is 300 g/mol. The molecule has 2 aromatic rings. The first-order chi connectivity index (χ1) is 10.5. The number of furan rings is 1. The van der Waals surface area contributed by atoms with Gasteiger partial charge in [0.05, 0.1) is 12.3 Å². The Morgan fingerprint density at radius 2 is 1.86 bits per heavy atom. The summed E-state index contributed by atoms with van der Waals surface area (Å²) < 4.78 is 5.44. The molecule has 0 aliphatic rings. The zero-order valence-electron chi connectivity index (χ0n) is 13.7. The minimum absolute atomic E-state index is 0.0221. The third-order valence-electron chi connectivity index (χ3n) is 3.79. The molecule has 1 N–H and O–H groups in total. The highest BCUT2D eigenvalue weighted by Crippen LogP contribution is 2.18. The molecule has 4 nitrogen and oxygen atoms in total. The van der Waals surface area contributed by atoms with Gasteiger partial charge in [-0.2, -0.15) is 0 Å². The number of carbonyl (C=O) groups is 1. The third-order valence-corrected chi connectivity index (χ3v) is 3.79. The van der Waals surface area contributed by atoms with Gasteiger partial charge in [-0.3, -0.25) is 9.69 Å². The Hall–Kier alpha value is -2.07. The molecule has 1 atom stereocenters. The summed E-state index contributed by atoms with van der Waals surface area (Å²) in [6.45, 7) is 4.78. The van der Waals surface area contributed by atoms with Gasteiger partial charge in [-0.15, -0.1) is 0 Å². The average molecular weight is 300 g/mol. The Kier molecular flexibility index (Phi) is 5.39. The summed E-state index contributed by atoms with van der Waals surface area (Å²) in [7, 11) is 3.94. The van der Waals surface area contributed by atoms with E-state index in [4.69, 9.17) is 4.42 Å². The molecule has 0 spiro atoms. The van der Waals surface area contributed by atoms with E-state index >= 15 is 0 Å². The van der Waals surface area contributed by atoms with Gasteiger partial charge in [0, 0.05) is 12.1 Å². The van der Waals surface area contributed by atoms with E-state index in [1.165, 1.54) is 5.56 Å². The van der Waals surface area contributed by atoms with Gasteiger partial charge in [-0.05, 0) is 49.8 Å². The van der Waals surface area contributed by atoms with Crippen molar-refractivity contribution in [2.24, 2.45) is 0 Å². The first kappa shape index (κ1) is 16.3. The van der Waals surface area contributed by atoms with Crippen LogP contribution in [0.25, 0.3) is 0 Å². The second kappa shape index (κ2) is 7.27. The topological polar surface area (TPSA) is 45.5 Å². The summed E-state index contributed by atoms with van der Waals surface area (Å²) in [5.74, 6) is 1.25. The standard InChI is InChI=1S/C18H24N2O2/c1-13(2)14-7-9-15(10-8-14)18(21)19-12-16(20(3)4)17-6-5-11-22-17/h5-11,13,16H,12H2,1-4H3,(H,19,21). The minimum atomic E-state index is -0.0614. The molecule has 4 heteroatoms. The van der Waals surface area contributed by atoms with Crippen LogP contribution in [0.1, 0.15) is 47.5 Å². The highest BCUT2D eigenvalue weighted by molar-refractivity contribution is 5.94. The van der Waals surface area contributed by atoms with Gasteiger partial charge in [0.25, 0.3) is 5.91 Å². The third kappa shape index (κ3) is 3.98. The van der Waals surface area contributed by atoms with Crippen molar-refractivity contribution in [2.75, 3.05) is 20.6 Å². The Labute approximate surface area is 132 Å². The summed E-state index contributed by atoms with van der Waals surface area (Å²) in [6.07, 6.45) is 1.65. The summed E-state index contributed by atoms with van der Waals surface area (Å²) in [4.78, 5) is 14.3. The number of benzene rings is 1. The van der Waals surface area contributed by atoms with Crippen molar-refractivity contribution in [3.63, 3.8) is 0 Å². The maximum Gasteiger partial charge on any atom is 0.251 e. The zero-order chi connectivity index (χ0) is 16.1. The molecule has 1 heterocycles. The van der Waals surface area contributed by atoms with Crippen molar-refractivity contribution < 1.29 is 9.21 Å². The van der Waals surface area contributed by atoms with E-state index in [1.807, 2.05) is 55.4 Å². The van der Waals surface area contributed by atoms with Crippen LogP contribution in [-0.2, 0) is 0 Å². The number of carbonyl (C=O) groups excluding carboxylic acids is 1. The first-order valence-corrected chi connectivity index (χ1v) is 7.57. The number of nitrogens with zero attached hydrogens (tertiary/aromatic N) is 1. The Morgan fingerprint density at radius 1 is 1.18 bits per heavy atom. The normalized spacial score (nSPS) is 12.6. The molecule has 0 saturated heterocycles. The van der Waals surface area contributed by atoms with Crippen LogP contribution in [0.15, 0.2) is 47.1 Å². The summed E-state index contributed by atoms with van der Waals surface area (Å²) in [6, 6.07) is 11.6. The lowest BCUT2D eigenvalue weighted by atomic mass is 10.0. The van der Waals surface area contributed by atoms with E-state index in [2.05, 4.69) is 19.2 Å². The average Bonchev–Trinajstić information content (AvgIpc) is 3.01. The lowest BCUT2D eigenvalue weighted by molar-refractivity contribution is 0.0939. The zero-order valence-corrected chi connectivity index (χ0v) is 13.7. The van der Waals surface area contributed by atoms with E-state index in [1.54, 1.807) is 6.26 Å². The lowest BCUT2D eigenvalue weighted by Gasteiger charge is -2.22. The quantitative estimate of drug-likeness (QED) is 0.889. The second-order valence-electron chi connectivity index (χ2n) is 5.98. The van der Waals surface area contributed by atoms with Crippen molar-refractivity contribution in [2.45, 2.75) is 25.8 Å². The Bertz CT molecular complexity index is 586. The highest BCUT2D eigenvalue weighted by atomic mass is 16.3. The Morgan fingerprint density at radius 3 is 2.36 bits per heavy atom. The molecule has 0 aliphatic carbocycles. The molecular formula is C18H24N2O2. The van der Waals surface area contributed by atoms with Crippen molar-refractivity contribution in [3.05, 3.63) is 59.5 Å². The SMILES string of the molecule is CC(C)c1ccc(C(=O)NCC(c2ccco2)N(C)C)cc1. The molecule has 0 bridgehead atoms. The predicted molar refractivity (Wildman–Crippen MR) is 88.0 cm³/mol. The maximum absolute atomic E-state index is 12.3. The van der Waals surface area contributed by atoms with Gasteiger partial charge in [-0.25, -0.2) is 0 Å². The van der Waals surface area contributed by atoms with Crippen LogP contribution < -0.4 is 5.32 Å².